The van der Waals surface area contributed by atoms with E-state index in [4.69, 9.17) is 4.99 Å². The topological polar surface area (TPSA) is 65.0 Å². The normalized spacial score (nSPS) is 25.7. The predicted molar refractivity (Wildman–Crippen MR) is 105 cm³/mol. The van der Waals surface area contributed by atoms with E-state index in [9.17, 15) is 12.8 Å². The Morgan fingerprint density at radius 2 is 1.89 bits per heavy atom. The summed E-state index contributed by atoms with van der Waals surface area (Å²) in [5.74, 6) is 1.38. The highest BCUT2D eigenvalue weighted by Crippen LogP contribution is 2.23. The molecule has 148 valence electrons. The largest absolute Gasteiger partial charge is 0.366 e. The summed E-state index contributed by atoms with van der Waals surface area (Å²) < 4.78 is 37.4. The highest BCUT2D eigenvalue weighted by Gasteiger charge is 2.30. The molecule has 6 nitrogen and oxygen atoms in total. The third-order valence-corrected chi connectivity index (χ3v) is 7.35. The Bertz CT molecular complexity index is 802. The minimum atomic E-state index is -2.87. The van der Waals surface area contributed by atoms with Gasteiger partial charge in [-0.05, 0) is 37.3 Å². The van der Waals surface area contributed by atoms with Crippen LogP contribution in [0.3, 0.4) is 0 Å². The third kappa shape index (κ3) is 4.72. The Morgan fingerprint density at radius 3 is 2.52 bits per heavy atom. The van der Waals surface area contributed by atoms with Gasteiger partial charge in [0.15, 0.2) is 15.8 Å². The molecule has 0 aromatic heterocycles. The monoisotopic (exact) mass is 394 g/mol. The van der Waals surface area contributed by atoms with E-state index in [0.717, 1.165) is 45.0 Å². The van der Waals surface area contributed by atoms with E-state index in [1.54, 1.807) is 6.07 Å². The molecule has 2 aliphatic heterocycles. The molecule has 1 aromatic rings. The maximum atomic E-state index is 14.0. The SMILES string of the molecule is O=S1(=O)CCC(CN=C(NC2CC2)N2CCN(c3ccccc3F)CC2)C1. The summed E-state index contributed by atoms with van der Waals surface area (Å²) in [5.41, 5.74) is 0.655. The maximum Gasteiger partial charge on any atom is 0.194 e. The summed E-state index contributed by atoms with van der Waals surface area (Å²) in [6, 6.07) is 7.38. The lowest BCUT2D eigenvalue weighted by molar-refractivity contribution is 0.368. The molecule has 3 aliphatic rings. The molecule has 1 N–H and O–H groups in total. The van der Waals surface area contributed by atoms with Gasteiger partial charge in [-0.15, -0.1) is 0 Å². The van der Waals surface area contributed by atoms with Gasteiger partial charge in [0.05, 0.1) is 17.2 Å². The highest BCUT2D eigenvalue weighted by atomic mass is 32.2. The van der Waals surface area contributed by atoms with Gasteiger partial charge in [0, 0.05) is 38.8 Å². The van der Waals surface area contributed by atoms with Gasteiger partial charge in [0.2, 0.25) is 0 Å². The number of halogens is 1. The van der Waals surface area contributed by atoms with Crippen LogP contribution in [0.5, 0.6) is 0 Å². The molecule has 3 fully saturated rings. The van der Waals surface area contributed by atoms with E-state index < -0.39 is 9.84 Å². The van der Waals surface area contributed by atoms with Crippen molar-refractivity contribution in [1.82, 2.24) is 10.2 Å². The first-order chi connectivity index (χ1) is 13.0. The summed E-state index contributed by atoms with van der Waals surface area (Å²) in [4.78, 5) is 9.06. The standard InChI is InChI=1S/C19H27FN4O2S/c20-17-3-1-2-4-18(17)23-8-10-24(11-9-23)19(22-16-5-6-16)21-13-15-7-12-27(25,26)14-15/h1-4,15-16H,5-14H2,(H,21,22). The molecule has 1 aromatic carbocycles. The second-order valence-electron chi connectivity index (χ2n) is 7.78. The number of para-hydroxylation sites is 1. The van der Waals surface area contributed by atoms with Gasteiger partial charge in [0.25, 0.3) is 0 Å². The van der Waals surface area contributed by atoms with E-state index in [1.807, 2.05) is 12.1 Å². The number of aliphatic imine (C=N–C) groups is 1. The summed E-state index contributed by atoms with van der Waals surface area (Å²) in [6.07, 6.45) is 3.03. The number of anilines is 1. The van der Waals surface area contributed by atoms with E-state index >= 15 is 0 Å². The first-order valence-corrected chi connectivity index (χ1v) is 11.6. The third-order valence-electron chi connectivity index (χ3n) is 5.51. The number of guanidine groups is 1. The van der Waals surface area contributed by atoms with Crippen molar-refractivity contribution in [2.45, 2.75) is 25.3 Å². The van der Waals surface area contributed by atoms with Gasteiger partial charge in [-0.3, -0.25) is 4.99 Å². The number of sulfone groups is 1. The van der Waals surface area contributed by atoms with Crippen LogP contribution in [0.15, 0.2) is 29.3 Å². The van der Waals surface area contributed by atoms with Gasteiger partial charge in [-0.25, -0.2) is 12.8 Å². The summed E-state index contributed by atoms with van der Waals surface area (Å²) in [6.45, 7) is 3.59. The molecule has 1 atom stereocenters. The number of hydrogen-bond donors (Lipinski definition) is 1. The Labute approximate surface area is 160 Å². The quantitative estimate of drug-likeness (QED) is 0.619. The predicted octanol–water partition coefficient (Wildman–Crippen LogP) is 1.49. The molecule has 0 spiro atoms. The average molecular weight is 395 g/mol. The minimum absolute atomic E-state index is 0.130. The number of nitrogens with zero attached hydrogens (tertiary/aromatic N) is 3. The lowest BCUT2D eigenvalue weighted by Gasteiger charge is -2.38. The summed E-state index contributed by atoms with van der Waals surface area (Å²) in [7, 11) is -2.87. The van der Waals surface area contributed by atoms with Gasteiger partial charge >= 0.3 is 0 Å². The highest BCUT2D eigenvalue weighted by molar-refractivity contribution is 7.91. The Morgan fingerprint density at radius 1 is 1.15 bits per heavy atom. The zero-order chi connectivity index (χ0) is 18.9. The van der Waals surface area contributed by atoms with Crippen LogP contribution in [-0.2, 0) is 9.84 Å². The van der Waals surface area contributed by atoms with Gasteiger partial charge in [0.1, 0.15) is 5.82 Å². The number of benzene rings is 1. The van der Waals surface area contributed by atoms with E-state index in [1.165, 1.54) is 6.07 Å². The Balaban J connectivity index is 1.38. The van der Waals surface area contributed by atoms with Crippen molar-refractivity contribution in [1.29, 1.82) is 0 Å². The molecular weight excluding hydrogens is 367 g/mol. The van der Waals surface area contributed by atoms with Crippen LogP contribution in [0, 0.1) is 11.7 Å². The Hall–Kier alpha value is -1.83. The van der Waals surface area contributed by atoms with Crippen molar-refractivity contribution in [2.24, 2.45) is 10.9 Å². The first kappa shape index (κ1) is 18.5. The molecule has 4 rings (SSSR count). The Kier molecular flexibility index (Phi) is 5.25. The van der Waals surface area contributed by atoms with Crippen LogP contribution in [0.4, 0.5) is 10.1 Å². The van der Waals surface area contributed by atoms with Crippen molar-refractivity contribution in [3.05, 3.63) is 30.1 Å². The molecule has 2 saturated heterocycles. The minimum Gasteiger partial charge on any atom is -0.366 e. The number of nitrogens with one attached hydrogen (secondary N) is 1. The molecule has 1 aliphatic carbocycles. The molecule has 2 heterocycles. The van der Waals surface area contributed by atoms with Crippen molar-refractivity contribution >= 4 is 21.5 Å². The first-order valence-electron chi connectivity index (χ1n) is 9.76. The summed E-state index contributed by atoms with van der Waals surface area (Å²) in [5, 5.41) is 3.51. The van der Waals surface area contributed by atoms with Crippen LogP contribution in [0.2, 0.25) is 0 Å². The number of hydrogen-bond acceptors (Lipinski definition) is 4. The van der Waals surface area contributed by atoms with E-state index in [-0.39, 0.29) is 17.5 Å². The van der Waals surface area contributed by atoms with Crippen LogP contribution < -0.4 is 10.2 Å². The van der Waals surface area contributed by atoms with E-state index in [0.29, 0.717) is 30.4 Å². The van der Waals surface area contributed by atoms with Crippen molar-refractivity contribution in [2.75, 3.05) is 49.1 Å². The van der Waals surface area contributed by atoms with Crippen LogP contribution >= 0.6 is 0 Å². The molecule has 27 heavy (non-hydrogen) atoms. The smallest absolute Gasteiger partial charge is 0.194 e. The van der Waals surface area contributed by atoms with Gasteiger partial charge in [-0.1, -0.05) is 12.1 Å². The molecule has 0 bridgehead atoms. The fourth-order valence-electron chi connectivity index (χ4n) is 3.75. The van der Waals surface area contributed by atoms with Crippen LogP contribution in [0.1, 0.15) is 19.3 Å². The average Bonchev–Trinajstić information content (AvgIpc) is 3.41. The second kappa shape index (κ2) is 7.66. The van der Waals surface area contributed by atoms with Crippen molar-refractivity contribution in [3.8, 4) is 0 Å². The molecule has 1 unspecified atom stereocenters. The lowest BCUT2D eigenvalue weighted by Crippen LogP contribution is -2.53. The van der Waals surface area contributed by atoms with Crippen LogP contribution in [0.25, 0.3) is 0 Å². The molecule has 1 saturated carbocycles. The van der Waals surface area contributed by atoms with Crippen molar-refractivity contribution < 1.29 is 12.8 Å². The zero-order valence-electron chi connectivity index (χ0n) is 15.5. The number of piperazine rings is 1. The van der Waals surface area contributed by atoms with Gasteiger partial charge < -0.3 is 15.1 Å². The van der Waals surface area contributed by atoms with E-state index in [2.05, 4.69) is 15.1 Å². The number of rotatable bonds is 4. The van der Waals surface area contributed by atoms with Crippen LogP contribution in [-0.4, -0.2) is 69.5 Å². The zero-order valence-corrected chi connectivity index (χ0v) is 16.3. The fraction of sp³-hybridized carbons (Fsp3) is 0.632. The lowest BCUT2D eigenvalue weighted by atomic mass is 10.1. The molecular formula is C19H27FN4O2S. The van der Waals surface area contributed by atoms with Gasteiger partial charge in [-0.2, -0.15) is 0 Å². The molecule has 0 amide bonds. The fourth-order valence-corrected chi connectivity index (χ4v) is 5.60. The van der Waals surface area contributed by atoms with Crippen molar-refractivity contribution in [3.63, 3.8) is 0 Å². The molecule has 0 radical (unpaired) electrons. The maximum absolute atomic E-state index is 14.0. The second-order valence-corrected chi connectivity index (χ2v) is 10.0. The molecule has 8 heteroatoms. The summed E-state index contributed by atoms with van der Waals surface area (Å²) >= 11 is 0.